The van der Waals surface area contributed by atoms with Crippen LogP contribution in [0.4, 0.5) is 10.5 Å². The number of hydrogen-bond donors (Lipinski definition) is 2. The molecule has 1 fully saturated rings. The maximum absolute atomic E-state index is 12.2. The predicted molar refractivity (Wildman–Crippen MR) is 111 cm³/mol. The quantitative estimate of drug-likeness (QED) is 0.613. The topological polar surface area (TPSA) is 92.8 Å². The molecule has 0 bridgehead atoms. The third-order valence-corrected chi connectivity index (χ3v) is 4.83. The summed E-state index contributed by atoms with van der Waals surface area (Å²) in [5.74, 6) is 1.18. The number of aryl methyl sites for hydroxylation is 1. The maximum Gasteiger partial charge on any atom is 0.347 e. The van der Waals surface area contributed by atoms with E-state index in [2.05, 4.69) is 20.2 Å². The van der Waals surface area contributed by atoms with E-state index in [0.29, 0.717) is 11.5 Å². The van der Waals surface area contributed by atoms with Crippen molar-refractivity contribution in [1.29, 1.82) is 0 Å². The second-order valence-corrected chi connectivity index (χ2v) is 7.04. The summed E-state index contributed by atoms with van der Waals surface area (Å²) in [4.78, 5) is 23.1. The number of benzene rings is 1. The number of piperidine rings is 1. The van der Waals surface area contributed by atoms with Gasteiger partial charge >= 0.3 is 6.03 Å². The van der Waals surface area contributed by atoms with Crippen LogP contribution in [0.1, 0.15) is 24.2 Å². The van der Waals surface area contributed by atoms with Gasteiger partial charge in [0.15, 0.2) is 0 Å². The standard InChI is InChI=1S/C21H27N5O2/c1-15-5-3-7-18(23-15)14-26-12-4-6-16(13-26)20(22)25-21(27)24-17-8-10-19(28-2)11-9-17/h3,5,7-11,16H,4,6,12-14H2,1-2H3,(H3,22,24,25,27). The number of nitrogens with one attached hydrogen (secondary N) is 1. The first-order chi connectivity index (χ1) is 13.5. The second-order valence-electron chi connectivity index (χ2n) is 7.04. The molecule has 1 saturated heterocycles. The van der Waals surface area contributed by atoms with Gasteiger partial charge < -0.3 is 15.8 Å². The minimum Gasteiger partial charge on any atom is -0.497 e. The smallest absolute Gasteiger partial charge is 0.347 e. The molecule has 148 valence electrons. The van der Waals surface area contributed by atoms with Gasteiger partial charge in [0, 0.05) is 30.4 Å². The van der Waals surface area contributed by atoms with Crippen LogP contribution in [0.2, 0.25) is 0 Å². The number of urea groups is 1. The van der Waals surface area contributed by atoms with Crippen LogP contribution in [0, 0.1) is 12.8 Å². The third kappa shape index (κ3) is 5.53. The van der Waals surface area contributed by atoms with Gasteiger partial charge in [-0.15, -0.1) is 0 Å². The van der Waals surface area contributed by atoms with E-state index in [1.165, 1.54) is 0 Å². The zero-order valence-corrected chi connectivity index (χ0v) is 16.4. The Kier molecular flexibility index (Phi) is 6.60. The number of anilines is 1. The molecule has 0 radical (unpaired) electrons. The van der Waals surface area contributed by atoms with Crippen molar-refractivity contribution < 1.29 is 9.53 Å². The molecule has 1 aromatic carbocycles. The van der Waals surface area contributed by atoms with Gasteiger partial charge in [-0.05, 0) is 62.7 Å². The first-order valence-corrected chi connectivity index (χ1v) is 9.47. The number of ether oxygens (including phenoxy) is 1. The van der Waals surface area contributed by atoms with Crippen LogP contribution in [-0.2, 0) is 6.54 Å². The van der Waals surface area contributed by atoms with Gasteiger partial charge in [-0.3, -0.25) is 9.88 Å². The number of aromatic nitrogens is 1. The zero-order valence-electron chi connectivity index (χ0n) is 16.4. The summed E-state index contributed by atoms with van der Waals surface area (Å²) in [5.41, 5.74) is 8.87. The molecule has 1 aliphatic rings. The highest BCUT2D eigenvalue weighted by molar-refractivity contribution is 6.00. The van der Waals surface area contributed by atoms with E-state index < -0.39 is 6.03 Å². The van der Waals surface area contributed by atoms with Crippen molar-refractivity contribution >= 4 is 17.6 Å². The number of hydrogen-bond acceptors (Lipinski definition) is 4. The SMILES string of the molecule is COc1ccc(NC(=O)/N=C(\N)C2CCCN(Cc3cccc(C)n3)C2)cc1. The van der Waals surface area contributed by atoms with Crippen molar-refractivity contribution in [2.45, 2.75) is 26.3 Å². The molecule has 3 N–H and O–H groups in total. The van der Waals surface area contributed by atoms with E-state index in [1.807, 2.05) is 25.1 Å². The van der Waals surface area contributed by atoms with Crippen molar-refractivity contribution in [2.24, 2.45) is 16.6 Å². The van der Waals surface area contributed by atoms with Crippen LogP contribution in [0.5, 0.6) is 5.75 Å². The molecule has 1 atom stereocenters. The summed E-state index contributed by atoms with van der Waals surface area (Å²) in [5, 5.41) is 2.73. The van der Waals surface area contributed by atoms with Crippen LogP contribution in [-0.4, -0.2) is 41.9 Å². The number of methoxy groups -OCH3 is 1. The van der Waals surface area contributed by atoms with Gasteiger partial charge in [-0.25, -0.2) is 4.79 Å². The molecule has 28 heavy (non-hydrogen) atoms. The molecule has 7 nitrogen and oxygen atoms in total. The average Bonchev–Trinajstić information content (AvgIpc) is 2.68. The molecule has 1 aromatic heterocycles. The predicted octanol–water partition coefficient (Wildman–Crippen LogP) is 3.20. The van der Waals surface area contributed by atoms with E-state index >= 15 is 0 Å². The zero-order chi connectivity index (χ0) is 19.9. The summed E-state index contributed by atoms with van der Waals surface area (Å²) in [6.45, 7) is 4.55. The van der Waals surface area contributed by atoms with Crippen molar-refractivity contribution in [3.63, 3.8) is 0 Å². The highest BCUT2D eigenvalue weighted by Crippen LogP contribution is 2.19. The highest BCUT2D eigenvalue weighted by Gasteiger charge is 2.23. The Bertz CT molecular complexity index is 835. The van der Waals surface area contributed by atoms with E-state index in [1.54, 1.807) is 31.4 Å². The van der Waals surface area contributed by atoms with Crippen LogP contribution in [0.3, 0.4) is 0 Å². The Morgan fingerprint density at radius 1 is 1.32 bits per heavy atom. The lowest BCUT2D eigenvalue weighted by molar-refractivity contribution is 0.194. The fraction of sp³-hybridized carbons (Fsp3) is 0.381. The van der Waals surface area contributed by atoms with Gasteiger partial charge in [0.2, 0.25) is 0 Å². The minimum absolute atomic E-state index is 0.0696. The molecular weight excluding hydrogens is 354 g/mol. The van der Waals surface area contributed by atoms with E-state index in [9.17, 15) is 4.79 Å². The first kappa shape index (κ1) is 19.8. The van der Waals surface area contributed by atoms with Crippen molar-refractivity contribution in [1.82, 2.24) is 9.88 Å². The number of carbonyl (C=O) groups excluding carboxylic acids is 1. The van der Waals surface area contributed by atoms with Crippen LogP contribution >= 0.6 is 0 Å². The minimum atomic E-state index is -0.458. The Morgan fingerprint density at radius 3 is 2.82 bits per heavy atom. The molecule has 2 amide bonds. The van der Waals surface area contributed by atoms with E-state index in [0.717, 1.165) is 49.6 Å². The summed E-state index contributed by atoms with van der Waals surface area (Å²) in [7, 11) is 1.60. The van der Waals surface area contributed by atoms with E-state index in [4.69, 9.17) is 10.5 Å². The lowest BCUT2D eigenvalue weighted by atomic mass is 9.97. The normalized spacial score (nSPS) is 17.9. The Hall–Kier alpha value is -2.93. The van der Waals surface area contributed by atoms with Crippen LogP contribution in [0.25, 0.3) is 0 Å². The molecular formula is C21H27N5O2. The maximum atomic E-state index is 12.2. The molecule has 2 aromatic rings. The van der Waals surface area contributed by atoms with Crippen LogP contribution < -0.4 is 15.8 Å². The average molecular weight is 381 g/mol. The number of amides is 2. The number of likely N-dealkylation sites (tertiary alicyclic amines) is 1. The number of rotatable bonds is 5. The molecule has 1 unspecified atom stereocenters. The lowest BCUT2D eigenvalue weighted by Crippen LogP contribution is -2.41. The van der Waals surface area contributed by atoms with Gasteiger partial charge in [0.05, 0.1) is 12.8 Å². The number of pyridine rings is 1. The number of nitrogens with zero attached hydrogens (tertiary/aromatic N) is 3. The van der Waals surface area contributed by atoms with E-state index in [-0.39, 0.29) is 5.92 Å². The lowest BCUT2D eigenvalue weighted by Gasteiger charge is -2.32. The molecule has 7 heteroatoms. The Morgan fingerprint density at radius 2 is 2.11 bits per heavy atom. The third-order valence-electron chi connectivity index (χ3n) is 4.83. The first-order valence-electron chi connectivity index (χ1n) is 9.47. The number of carbonyl (C=O) groups is 1. The Balaban J connectivity index is 1.57. The molecule has 3 rings (SSSR count). The molecule has 0 saturated carbocycles. The number of aliphatic imine (C=N–C) groups is 1. The van der Waals surface area contributed by atoms with Crippen molar-refractivity contribution in [3.05, 3.63) is 53.9 Å². The molecule has 2 heterocycles. The largest absolute Gasteiger partial charge is 0.497 e. The monoisotopic (exact) mass is 381 g/mol. The highest BCUT2D eigenvalue weighted by atomic mass is 16.5. The summed E-state index contributed by atoms with van der Waals surface area (Å²) < 4.78 is 5.11. The van der Waals surface area contributed by atoms with Gasteiger partial charge in [-0.1, -0.05) is 6.07 Å². The van der Waals surface area contributed by atoms with Crippen molar-refractivity contribution in [3.8, 4) is 5.75 Å². The van der Waals surface area contributed by atoms with Gasteiger partial charge in [0.25, 0.3) is 0 Å². The summed E-state index contributed by atoms with van der Waals surface area (Å²) in [6.07, 6.45) is 1.95. The fourth-order valence-electron chi connectivity index (χ4n) is 3.39. The second kappa shape index (κ2) is 9.32. The fourth-order valence-corrected chi connectivity index (χ4v) is 3.39. The van der Waals surface area contributed by atoms with Gasteiger partial charge in [0.1, 0.15) is 11.6 Å². The molecule has 0 spiro atoms. The molecule has 0 aliphatic carbocycles. The summed E-state index contributed by atoms with van der Waals surface area (Å²) in [6, 6.07) is 12.7. The number of nitrogens with two attached hydrogens (primary N) is 1. The number of amidine groups is 1. The molecule has 1 aliphatic heterocycles. The Labute approximate surface area is 165 Å². The van der Waals surface area contributed by atoms with Crippen LogP contribution in [0.15, 0.2) is 47.5 Å². The van der Waals surface area contributed by atoms with Gasteiger partial charge in [-0.2, -0.15) is 4.99 Å². The van der Waals surface area contributed by atoms with Crippen molar-refractivity contribution in [2.75, 3.05) is 25.5 Å². The summed E-state index contributed by atoms with van der Waals surface area (Å²) >= 11 is 0.